The number of hydrogen-bond donors (Lipinski definition) is 2. The Bertz CT molecular complexity index is 578. The molecule has 9 heteroatoms. The average Bonchev–Trinajstić information content (AvgIpc) is 2.68. The lowest BCUT2D eigenvalue weighted by molar-refractivity contribution is -0.157. The number of rotatable bonds is 5. The summed E-state index contributed by atoms with van der Waals surface area (Å²) in [6, 6.07) is -0.905. The van der Waals surface area contributed by atoms with Gasteiger partial charge in [-0.15, -0.1) is 0 Å². The molecule has 1 atom stereocenters. The molecule has 116 valence electrons. The minimum atomic E-state index is -4.73. The predicted molar refractivity (Wildman–Crippen MR) is 65.0 cm³/mol. The van der Waals surface area contributed by atoms with Crippen molar-refractivity contribution in [2.24, 2.45) is 7.05 Å². The van der Waals surface area contributed by atoms with Crippen molar-refractivity contribution in [2.75, 3.05) is 0 Å². The zero-order chi connectivity index (χ0) is 16.4. The molecule has 0 saturated heterocycles. The van der Waals surface area contributed by atoms with Gasteiger partial charge in [0.05, 0.1) is 6.42 Å². The summed E-state index contributed by atoms with van der Waals surface area (Å²) < 4.78 is 38.0. The first kappa shape index (κ1) is 16.7. The Balaban J connectivity index is 2.92. The highest BCUT2D eigenvalue weighted by molar-refractivity contribution is 6.00. The number of carbonyl (C=O) groups is 3. The number of hydrogen-bond acceptors (Lipinski definition) is 3. The first-order chi connectivity index (χ1) is 9.51. The number of amides is 1. The third-order valence-electron chi connectivity index (χ3n) is 2.68. The molecule has 0 aliphatic heterocycles. The van der Waals surface area contributed by atoms with Crippen LogP contribution >= 0.6 is 0 Å². The lowest BCUT2D eigenvalue weighted by atomic mass is 10.2. The molecule has 1 amide bonds. The van der Waals surface area contributed by atoms with Gasteiger partial charge in [0.2, 0.25) is 0 Å². The highest BCUT2D eigenvalue weighted by Gasteiger charge is 2.36. The maximum atomic E-state index is 12.2. The van der Waals surface area contributed by atoms with Crippen molar-refractivity contribution in [2.45, 2.75) is 25.6 Å². The van der Waals surface area contributed by atoms with Crippen molar-refractivity contribution in [1.82, 2.24) is 9.88 Å². The molecule has 21 heavy (non-hydrogen) atoms. The van der Waals surface area contributed by atoms with Gasteiger partial charge in [-0.25, -0.2) is 4.79 Å². The topological polar surface area (TPSA) is 88.4 Å². The summed E-state index contributed by atoms with van der Waals surface area (Å²) in [5.41, 5.74) is 0.0963. The Morgan fingerprint density at radius 2 is 1.95 bits per heavy atom. The molecular formula is C12H13F3N2O4. The minimum Gasteiger partial charge on any atom is -0.480 e. The number of halogens is 3. The molecule has 1 aromatic heterocycles. The van der Waals surface area contributed by atoms with E-state index < -0.39 is 30.5 Å². The van der Waals surface area contributed by atoms with Gasteiger partial charge in [-0.05, 0) is 13.0 Å². The van der Waals surface area contributed by atoms with Gasteiger partial charge in [-0.3, -0.25) is 9.59 Å². The predicted octanol–water partition coefficient (Wildman–Crippen LogP) is 1.36. The third-order valence-corrected chi connectivity index (χ3v) is 2.68. The number of aliphatic carboxylic acids is 1. The van der Waals surface area contributed by atoms with Crippen molar-refractivity contribution in [3.8, 4) is 0 Å². The summed E-state index contributed by atoms with van der Waals surface area (Å²) in [5, 5.41) is 10.5. The molecule has 2 N–H and O–H groups in total. The summed E-state index contributed by atoms with van der Waals surface area (Å²) in [6.07, 6.45) is -5.08. The number of aryl methyl sites for hydroxylation is 1. The van der Waals surface area contributed by atoms with Crippen LogP contribution in [0.3, 0.4) is 0 Å². The first-order valence-electron chi connectivity index (χ1n) is 5.79. The van der Waals surface area contributed by atoms with E-state index in [0.717, 1.165) is 0 Å². The van der Waals surface area contributed by atoms with Crippen LogP contribution in [0.2, 0.25) is 0 Å². The molecule has 0 radical (unpaired) electrons. The van der Waals surface area contributed by atoms with E-state index in [-0.39, 0.29) is 17.0 Å². The fraction of sp³-hybridized carbons (Fsp3) is 0.417. The van der Waals surface area contributed by atoms with Crippen LogP contribution in [-0.2, 0) is 11.8 Å². The number of carbonyl (C=O) groups excluding carboxylic acids is 2. The smallest absolute Gasteiger partial charge is 0.391 e. The van der Waals surface area contributed by atoms with Gasteiger partial charge in [0, 0.05) is 18.8 Å². The Hall–Kier alpha value is -2.32. The molecule has 1 rings (SSSR count). The summed E-state index contributed by atoms with van der Waals surface area (Å²) in [5.74, 6) is -3.11. The van der Waals surface area contributed by atoms with Crippen LogP contribution in [0.1, 0.15) is 34.2 Å². The number of alkyl halides is 3. The van der Waals surface area contributed by atoms with E-state index in [1.165, 1.54) is 30.8 Å². The molecule has 0 fully saturated rings. The highest BCUT2D eigenvalue weighted by atomic mass is 19.4. The standard InChI is InChI=1S/C12H13F3N2O4/c1-6(18)7-3-9(17(2)5-7)10(19)16-8(11(20)21)4-12(13,14)15/h3,5,8H,4H2,1-2H3,(H,16,19)(H,20,21). The van der Waals surface area contributed by atoms with Crippen molar-refractivity contribution >= 4 is 17.7 Å². The van der Waals surface area contributed by atoms with Crippen molar-refractivity contribution in [3.63, 3.8) is 0 Å². The molecule has 0 aromatic carbocycles. The molecular weight excluding hydrogens is 293 g/mol. The molecule has 1 heterocycles. The Morgan fingerprint density at radius 1 is 1.38 bits per heavy atom. The van der Waals surface area contributed by atoms with Crippen molar-refractivity contribution < 1.29 is 32.7 Å². The van der Waals surface area contributed by atoms with Crippen LogP contribution < -0.4 is 5.32 Å². The second kappa shape index (κ2) is 5.98. The monoisotopic (exact) mass is 306 g/mol. The van der Waals surface area contributed by atoms with Gasteiger partial charge in [0.15, 0.2) is 5.78 Å². The normalized spacial score (nSPS) is 12.8. The molecule has 1 unspecified atom stereocenters. The fourth-order valence-corrected chi connectivity index (χ4v) is 1.65. The Kier molecular flexibility index (Phi) is 4.77. The SMILES string of the molecule is CC(=O)c1cc(C(=O)NC(CC(F)(F)F)C(=O)O)n(C)c1. The molecule has 6 nitrogen and oxygen atoms in total. The highest BCUT2D eigenvalue weighted by Crippen LogP contribution is 2.22. The van der Waals surface area contributed by atoms with Gasteiger partial charge in [0.1, 0.15) is 11.7 Å². The van der Waals surface area contributed by atoms with Gasteiger partial charge in [-0.1, -0.05) is 0 Å². The van der Waals surface area contributed by atoms with Crippen molar-refractivity contribution in [3.05, 3.63) is 23.5 Å². The number of ketones is 1. The molecule has 0 bridgehead atoms. The number of aromatic nitrogens is 1. The Morgan fingerprint density at radius 3 is 2.33 bits per heavy atom. The van der Waals surface area contributed by atoms with Crippen LogP contribution in [0.25, 0.3) is 0 Å². The van der Waals surface area contributed by atoms with E-state index in [0.29, 0.717) is 0 Å². The third kappa shape index (κ3) is 4.62. The fourth-order valence-electron chi connectivity index (χ4n) is 1.65. The van der Waals surface area contributed by atoms with Gasteiger partial charge < -0.3 is 15.0 Å². The molecule has 0 aliphatic carbocycles. The van der Waals surface area contributed by atoms with E-state index in [1.807, 2.05) is 0 Å². The number of nitrogens with one attached hydrogen (secondary N) is 1. The maximum absolute atomic E-state index is 12.2. The maximum Gasteiger partial charge on any atom is 0.391 e. The van der Waals surface area contributed by atoms with E-state index in [2.05, 4.69) is 0 Å². The van der Waals surface area contributed by atoms with E-state index in [4.69, 9.17) is 5.11 Å². The van der Waals surface area contributed by atoms with Crippen LogP contribution in [0.15, 0.2) is 12.3 Å². The lowest BCUT2D eigenvalue weighted by Crippen LogP contribution is -2.44. The van der Waals surface area contributed by atoms with Crippen LogP contribution in [0.4, 0.5) is 13.2 Å². The summed E-state index contributed by atoms with van der Waals surface area (Å²) >= 11 is 0. The molecule has 0 spiro atoms. The number of Topliss-reactive ketones (excluding diaryl/α,β-unsaturated/α-hetero) is 1. The molecule has 0 saturated carbocycles. The van der Waals surface area contributed by atoms with Gasteiger partial charge in [-0.2, -0.15) is 13.2 Å². The minimum absolute atomic E-state index is 0.103. The number of nitrogens with zero attached hydrogens (tertiary/aromatic N) is 1. The second-order valence-corrected chi connectivity index (χ2v) is 4.46. The largest absolute Gasteiger partial charge is 0.480 e. The molecule has 1 aromatic rings. The summed E-state index contributed by atoms with van der Waals surface area (Å²) in [6.45, 7) is 1.26. The van der Waals surface area contributed by atoms with E-state index in [9.17, 15) is 27.6 Å². The number of carboxylic acids is 1. The summed E-state index contributed by atoms with van der Waals surface area (Å²) in [7, 11) is 1.42. The van der Waals surface area contributed by atoms with Gasteiger partial charge >= 0.3 is 12.1 Å². The molecule has 0 aliphatic rings. The lowest BCUT2D eigenvalue weighted by Gasteiger charge is -2.16. The second-order valence-electron chi connectivity index (χ2n) is 4.46. The summed E-state index contributed by atoms with van der Waals surface area (Å²) in [4.78, 5) is 33.8. The Labute approximate surface area is 117 Å². The van der Waals surface area contributed by atoms with Gasteiger partial charge in [0.25, 0.3) is 5.91 Å². The van der Waals surface area contributed by atoms with Crippen LogP contribution in [0, 0.1) is 0 Å². The quantitative estimate of drug-likeness (QED) is 0.804. The first-order valence-corrected chi connectivity index (χ1v) is 5.79. The zero-order valence-corrected chi connectivity index (χ0v) is 11.2. The van der Waals surface area contributed by atoms with Crippen LogP contribution in [-0.4, -0.2) is 39.6 Å². The van der Waals surface area contributed by atoms with Crippen LogP contribution in [0.5, 0.6) is 0 Å². The van der Waals surface area contributed by atoms with Crippen molar-refractivity contribution in [1.29, 1.82) is 0 Å². The average molecular weight is 306 g/mol. The van der Waals surface area contributed by atoms with E-state index >= 15 is 0 Å². The van der Waals surface area contributed by atoms with E-state index in [1.54, 1.807) is 5.32 Å². The zero-order valence-electron chi connectivity index (χ0n) is 11.2. The number of carboxylic acid groups (broad SMARTS) is 1.